The van der Waals surface area contributed by atoms with Crippen LogP contribution < -0.4 is 10.6 Å². The third kappa shape index (κ3) is 4.90. The lowest BCUT2D eigenvalue weighted by atomic mass is 10.1. The number of hydrogen-bond acceptors (Lipinski definition) is 7. The van der Waals surface area contributed by atoms with Crippen LogP contribution in [0.1, 0.15) is 41.8 Å². The van der Waals surface area contributed by atoms with E-state index in [0.29, 0.717) is 10.9 Å². The summed E-state index contributed by atoms with van der Waals surface area (Å²) in [5.41, 5.74) is 1.68. The van der Waals surface area contributed by atoms with Crippen molar-refractivity contribution in [2.45, 2.75) is 40.3 Å². The monoisotopic (exact) mass is 472 g/mol. The van der Waals surface area contributed by atoms with Crippen molar-refractivity contribution in [3.8, 4) is 0 Å². The van der Waals surface area contributed by atoms with E-state index in [1.54, 1.807) is 12.3 Å². The lowest BCUT2D eigenvalue weighted by molar-refractivity contribution is -0.114. The first-order valence-electron chi connectivity index (χ1n) is 10.1. The molecule has 0 saturated heterocycles. The Bertz CT molecular complexity index is 1310. The van der Waals surface area contributed by atoms with Crippen molar-refractivity contribution >= 4 is 33.9 Å². The van der Waals surface area contributed by atoms with Gasteiger partial charge in [0.15, 0.2) is 11.6 Å². The highest BCUT2D eigenvalue weighted by Crippen LogP contribution is 2.27. The van der Waals surface area contributed by atoms with Crippen molar-refractivity contribution in [1.82, 2.24) is 29.8 Å². The first-order valence-corrected chi connectivity index (χ1v) is 10.9. The topological polar surface area (TPSA) is 103 Å². The van der Waals surface area contributed by atoms with Crippen molar-refractivity contribution < 1.29 is 13.6 Å². The van der Waals surface area contributed by atoms with E-state index in [1.165, 1.54) is 29.0 Å². The van der Waals surface area contributed by atoms with E-state index in [-0.39, 0.29) is 23.8 Å². The highest BCUT2D eigenvalue weighted by atomic mass is 32.1. The van der Waals surface area contributed by atoms with E-state index in [1.807, 2.05) is 31.5 Å². The number of anilines is 3. The van der Waals surface area contributed by atoms with Crippen LogP contribution in [-0.4, -0.2) is 35.7 Å². The Labute approximate surface area is 192 Å². The Morgan fingerprint density at radius 1 is 1.18 bits per heavy atom. The van der Waals surface area contributed by atoms with Crippen molar-refractivity contribution in [2.24, 2.45) is 0 Å². The molecular formula is C21H22F2N8OS. The minimum Gasteiger partial charge on any atom is -0.324 e. The smallest absolute Gasteiger partial charge is 0.221 e. The number of carbonyl (C=O) groups is 1. The van der Waals surface area contributed by atoms with E-state index in [0.717, 1.165) is 22.5 Å². The molecule has 0 fully saturated rings. The summed E-state index contributed by atoms with van der Waals surface area (Å²) in [7, 11) is 0. The number of rotatable bonds is 7. The Kier molecular flexibility index (Phi) is 6.18. The summed E-state index contributed by atoms with van der Waals surface area (Å²) in [6.45, 7) is 7.03. The van der Waals surface area contributed by atoms with Gasteiger partial charge in [-0.25, -0.2) is 8.78 Å². The molecule has 2 N–H and O–H groups in total. The van der Waals surface area contributed by atoms with Crippen LogP contribution in [0.2, 0.25) is 0 Å². The van der Waals surface area contributed by atoms with E-state index in [2.05, 4.69) is 31.0 Å². The number of aromatic nitrogens is 6. The summed E-state index contributed by atoms with van der Waals surface area (Å²) < 4.78 is 32.2. The number of nitrogens with one attached hydrogen (secondary N) is 2. The molecule has 0 aliphatic heterocycles. The maximum Gasteiger partial charge on any atom is 0.221 e. The van der Waals surface area contributed by atoms with Gasteiger partial charge in [-0.15, -0.1) is 10.2 Å². The van der Waals surface area contributed by atoms with Crippen LogP contribution in [0.25, 0.3) is 0 Å². The fourth-order valence-corrected chi connectivity index (χ4v) is 4.20. The molecule has 172 valence electrons. The van der Waals surface area contributed by atoms with Crippen molar-refractivity contribution in [3.05, 3.63) is 64.1 Å². The van der Waals surface area contributed by atoms with Gasteiger partial charge in [-0.05, 0) is 39.0 Å². The van der Waals surface area contributed by atoms with Gasteiger partial charge < -0.3 is 10.6 Å². The van der Waals surface area contributed by atoms with Gasteiger partial charge in [0.2, 0.25) is 11.0 Å². The molecule has 1 atom stereocenters. The second-order valence-corrected chi connectivity index (χ2v) is 8.59. The average molecular weight is 473 g/mol. The summed E-state index contributed by atoms with van der Waals surface area (Å²) in [5, 5.41) is 23.9. The van der Waals surface area contributed by atoms with E-state index in [9.17, 15) is 13.6 Å². The van der Waals surface area contributed by atoms with Crippen LogP contribution in [0.5, 0.6) is 0 Å². The third-order valence-corrected chi connectivity index (χ3v) is 5.91. The minimum absolute atomic E-state index is 0.0776. The summed E-state index contributed by atoms with van der Waals surface area (Å²) in [6.07, 6.45) is 1.59. The largest absolute Gasteiger partial charge is 0.324 e. The second-order valence-electron chi connectivity index (χ2n) is 7.59. The number of aryl methyl sites for hydroxylation is 2. The van der Waals surface area contributed by atoms with Gasteiger partial charge in [0, 0.05) is 30.4 Å². The zero-order valence-electron chi connectivity index (χ0n) is 18.4. The number of halogens is 2. The molecule has 0 bridgehead atoms. The molecule has 1 amide bonds. The summed E-state index contributed by atoms with van der Waals surface area (Å²) in [5.74, 6) is -1.54. The molecule has 1 aromatic carbocycles. The molecule has 3 heterocycles. The van der Waals surface area contributed by atoms with Gasteiger partial charge in [0.25, 0.3) is 0 Å². The molecule has 12 heteroatoms. The van der Waals surface area contributed by atoms with Gasteiger partial charge in [0.05, 0.1) is 17.9 Å². The average Bonchev–Trinajstić information content (AvgIpc) is 3.47. The number of hydrogen-bond donors (Lipinski definition) is 2. The van der Waals surface area contributed by atoms with Crippen LogP contribution in [-0.2, 0) is 11.3 Å². The molecule has 4 rings (SSSR count). The number of benzene rings is 1. The van der Waals surface area contributed by atoms with Crippen molar-refractivity contribution in [2.75, 3.05) is 10.6 Å². The lowest BCUT2D eigenvalue weighted by Gasteiger charge is -2.10. The molecular weight excluding hydrogens is 450 g/mol. The SMILES string of the molecule is CC(=O)Nc1ccc(F)c(Cn2ccc(Nc3nnc(C(C)n4nc(C)cc4C)s3)n2)c1F. The summed E-state index contributed by atoms with van der Waals surface area (Å²) in [4.78, 5) is 11.2. The van der Waals surface area contributed by atoms with Crippen LogP contribution in [0.4, 0.5) is 25.4 Å². The Balaban J connectivity index is 1.47. The molecule has 0 spiro atoms. The normalized spacial score (nSPS) is 12.1. The zero-order valence-corrected chi connectivity index (χ0v) is 19.2. The first kappa shape index (κ1) is 22.5. The fourth-order valence-electron chi connectivity index (χ4n) is 3.41. The van der Waals surface area contributed by atoms with Crippen LogP contribution >= 0.6 is 11.3 Å². The standard InChI is InChI=1S/C21H22F2N8OS/c1-11-9-12(2)31(28-11)13(3)20-26-27-21(33-20)25-18-7-8-30(29-18)10-15-16(22)5-6-17(19(15)23)24-14(4)32/h5-9,13H,10H2,1-4H3,(H,24,32)(H,25,27,29). The highest BCUT2D eigenvalue weighted by Gasteiger charge is 2.18. The molecule has 9 nitrogen and oxygen atoms in total. The Hall–Kier alpha value is -3.67. The Morgan fingerprint density at radius 2 is 1.97 bits per heavy atom. The predicted octanol–water partition coefficient (Wildman–Crippen LogP) is 4.19. The Morgan fingerprint density at radius 3 is 2.67 bits per heavy atom. The van der Waals surface area contributed by atoms with Gasteiger partial charge >= 0.3 is 0 Å². The number of carbonyl (C=O) groups excluding carboxylic acids is 1. The summed E-state index contributed by atoms with van der Waals surface area (Å²) in [6, 6.07) is 5.89. The maximum atomic E-state index is 14.6. The molecule has 33 heavy (non-hydrogen) atoms. The highest BCUT2D eigenvalue weighted by molar-refractivity contribution is 7.15. The van der Waals surface area contributed by atoms with Crippen LogP contribution in [0, 0.1) is 25.5 Å². The lowest BCUT2D eigenvalue weighted by Crippen LogP contribution is -2.12. The van der Waals surface area contributed by atoms with Crippen molar-refractivity contribution in [3.63, 3.8) is 0 Å². The molecule has 0 aliphatic rings. The molecule has 0 aliphatic carbocycles. The van der Waals surface area contributed by atoms with Gasteiger partial charge in [0.1, 0.15) is 16.9 Å². The molecule has 0 saturated carbocycles. The van der Waals surface area contributed by atoms with Gasteiger partial charge in [-0.2, -0.15) is 10.2 Å². The van der Waals surface area contributed by atoms with E-state index >= 15 is 0 Å². The first-order chi connectivity index (χ1) is 15.7. The van der Waals surface area contributed by atoms with Gasteiger partial charge in [-0.1, -0.05) is 11.3 Å². The zero-order chi connectivity index (χ0) is 23.7. The predicted molar refractivity (Wildman–Crippen MR) is 121 cm³/mol. The quantitative estimate of drug-likeness (QED) is 0.418. The van der Waals surface area contributed by atoms with E-state index in [4.69, 9.17) is 0 Å². The third-order valence-electron chi connectivity index (χ3n) is 4.90. The fraction of sp³-hybridized carbons (Fsp3) is 0.286. The van der Waals surface area contributed by atoms with E-state index < -0.39 is 17.5 Å². The minimum atomic E-state index is -0.831. The van der Waals surface area contributed by atoms with Gasteiger partial charge in [-0.3, -0.25) is 14.2 Å². The molecule has 1 unspecified atom stereocenters. The second kappa shape index (κ2) is 9.06. The molecule has 3 aromatic heterocycles. The summed E-state index contributed by atoms with van der Waals surface area (Å²) >= 11 is 1.37. The van der Waals surface area contributed by atoms with Crippen LogP contribution in [0.15, 0.2) is 30.5 Å². The van der Waals surface area contributed by atoms with Crippen molar-refractivity contribution in [1.29, 1.82) is 0 Å². The maximum absolute atomic E-state index is 14.6. The number of amides is 1. The molecule has 0 radical (unpaired) electrons. The number of nitrogens with zero attached hydrogens (tertiary/aromatic N) is 6. The van der Waals surface area contributed by atoms with Crippen LogP contribution in [0.3, 0.4) is 0 Å². The molecule has 4 aromatic rings.